The van der Waals surface area contributed by atoms with Gasteiger partial charge in [-0.25, -0.2) is 13.4 Å². The summed E-state index contributed by atoms with van der Waals surface area (Å²) in [6, 6.07) is 10.5. The van der Waals surface area contributed by atoms with Crippen molar-refractivity contribution in [1.29, 1.82) is 0 Å². The van der Waals surface area contributed by atoms with E-state index in [1.165, 1.54) is 0 Å². The summed E-state index contributed by atoms with van der Waals surface area (Å²) in [5, 5.41) is 0.926. The monoisotopic (exact) mass is 360 g/mol. The standard InChI is InChI=1S/C16H16N4O2S2/c21-24(22,13-4-2-1-3-5-13)20-10-8-19(9-11-20)16-18-14-12-17-7-6-15(14)23-16/h1-7,12H,8-11H2. The van der Waals surface area contributed by atoms with Crippen LogP contribution in [0.3, 0.4) is 0 Å². The van der Waals surface area contributed by atoms with Crippen molar-refractivity contribution in [2.45, 2.75) is 4.90 Å². The third kappa shape index (κ3) is 2.77. The van der Waals surface area contributed by atoms with Crippen LogP contribution >= 0.6 is 11.3 Å². The van der Waals surface area contributed by atoms with Crippen LogP contribution < -0.4 is 4.90 Å². The average Bonchev–Trinajstić information content (AvgIpc) is 3.07. The predicted octanol–water partition coefficient (Wildman–Crippen LogP) is 2.20. The molecule has 0 saturated carbocycles. The number of nitrogens with zero attached hydrogens (tertiary/aromatic N) is 4. The molecule has 0 amide bonds. The summed E-state index contributed by atoms with van der Waals surface area (Å²) in [7, 11) is -3.41. The molecule has 3 heterocycles. The van der Waals surface area contributed by atoms with E-state index in [4.69, 9.17) is 0 Å². The Hall–Kier alpha value is -2.03. The summed E-state index contributed by atoms with van der Waals surface area (Å²) in [6.45, 7) is 2.20. The molecule has 0 bridgehead atoms. The van der Waals surface area contributed by atoms with Gasteiger partial charge in [0, 0.05) is 32.4 Å². The van der Waals surface area contributed by atoms with Crippen LogP contribution in [0.15, 0.2) is 53.7 Å². The second-order valence-corrected chi connectivity index (χ2v) is 8.49. The summed E-state index contributed by atoms with van der Waals surface area (Å²) < 4.78 is 28.0. The number of aromatic nitrogens is 2. The van der Waals surface area contributed by atoms with E-state index < -0.39 is 10.0 Å². The molecule has 6 nitrogen and oxygen atoms in total. The first-order valence-corrected chi connectivity index (χ1v) is 9.91. The van der Waals surface area contributed by atoms with E-state index in [9.17, 15) is 8.42 Å². The lowest BCUT2D eigenvalue weighted by Gasteiger charge is -2.33. The van der Waals surface area contributed by atoms with Crippen LogP contribution in [0, 0.1) is 0 Å². The van der Waals surface area contributed by atoms with Crippen LogP contribution in [0.1, 0.15) is 0 Å². The molecule has 2 aromatic heterocycles. The van der Waals surface area contributed by atoms with Crippen molar-refractivity contribution in [3.05, 3.63) is 48.8 Å². The molecule has 0 N–H and O–H groups in total. The highest BCUT2D eigenvalue weighted by Gasteiger charge is 2.29. The first kappa shape index (κ1) is 15.5. The third-order valence-corrected chi connectivity index (χ3v) is 7.08. The maximum absolute atomic E-state index is 12.7. The molecule has 124 valence electrons. The zero-order valence-corrected chi connectivity index (χ0v) is 14.5. The molecule has 1 aliphatic rings. The maximum atomic E-state index is 12.7. The van der Waals surface area contributed by atoms with Gasteiger partial charge in [-0.05, 0) is 18.2 Å². The van der Waals surface area contributed by atoms with Gasteiger partial charge in [-0.3, -0.25) is 4.98 Å². The Morgan fingerprint density at radius 3 is 2.46 bits per heavy atom. The van der Waals surface area contributed by atoms with Gasteiger partial charge in [0.15, 0.2) is 5.13 Å². The molecule has 0 atom stereocenters. The largest absolute Gasteiger partial charge is 0.345 e. The van der Waals surface area contributed by atoms with Gasteiger partial charge in [0.1, 0.15) is 5.52 Å². The number of hydrogen-bond acceptors (Lipinski definition) is 6. The fourth-order valence-electron chi connectivity index (χ4n) is 2.76. The van der Waals surface area contributed by atoms with E-state index in [0.29, 0.717) is 31.1 Å². The van der Waals surface area contributed by atoms with Crippen LogP contribution in [-0.2, 0) is 10.0 Å². The number of sulfonamides is 1. The van der Waals surface area contributed by atoms with Crippen LogP contribution in [0.25, 0.3) is 10.2 Å². The number of benzene rings is 1. The number of fused-ring (bicyclic) bond motifs is 1. The van der Waals surface area contributed by atoms with E-state index in [1.54, 1.807) is 52.3 Å². The second-order valence-electron chi connectivity index (χ2n) is 5.54. The minimum atomic E-state index is -3.41. The smallest absolute Gasteiger partial charge is 0.243 e. The number of pyridine rings is 1. The highest BCUT2D eigenvalue weighted by atomic mass is 32.2. The minimum Gasteiger partial charge on any atom is -0.345 e. The van der Waals surface area contributed by atoms with Crippen LogP contribution in [0.5, 0.6) is 0 Å². The Morgan fingerprint density at radius 1 is 1.00 bits per heavy atom. The molecular formula is C16H16N4O2S2. The quantitative estimate of drug-likeness (QED) is 0.716. The minimum absolute atomic E-state index is 0.351. The fourth-order valence-corrected chi connectivity index (χ4v) is 5.19. The van der Waals surface area contributed by atoms with Crippen molar-refractivity contribution >= 4 is 36.7 Å². The molecular weight excluding hydrogens is 344 g/mol. The van der Waals surface area contributed by atoms with Gasteiger partial charge in [0.05, 0.1) is 15.8 Å². The van der Waals surface area contributed by atoms with Crippen LogP contribution in [-0.4, -0.2) is 48.9 Å². The summed E-state index contributed by atoms with van der Waals surface area (Å²) in [4.78, 5) is 11.2. The van der Waals surface area contributed by atoms with Crippen molar-refractivity contribution in [2.75, 3.05) is 31.1 Å². The number of anilines is 1. The molecule has 3 aromatic rings. The van der Waals surface area contributed by atoms with E-state index in [-0.39, 0.29) is 0 Å². The molecule has 8 heteroatoms. The van der Waals surface area contributed by atoms with Crippen molar-refractivity contribution < 1.29 is 8.42 Å². The third-order valence-electron chi connectivity index (χ3n) is 4.07. The van der Waals surface area contributed by atoms with Gasteiger partial charge >= 0.3 is 0 Å². The van der Waals surface area contributed by atoms with E-state index in [1.807, 2.05) is 12.1 Å². The van der Waals surface area contributed by atoms with Crippen molar-refractivity contribution in [3.63, 3.8) is 0 Å². The first-order valence-electron chi connectivity index (χ1n) is 7.65. The molecule has 0 aliphatic carbocycles. The number of rotatable bonds is 3. The number of piperazine rings is 1. The molecule has 0 radical (unpaired) electrons. The van der Waals surface area contributed by atoms with Gasteiger partial charge in [0.2, 0.25) is 10.0 Å². The van der Waals surface area contributed by atoms with Gasteiger partial charge < -0.3 is 4.90 Å². The number of hydrogen-bond donors (Lipinski definition) is 0. The topological polar surface area (TPSA) is 66.4 Å². The molecule has 0 unspecified atom stereocenters. The Labute approximate surface area is 144 Å². The number of thiazole rings is 1. The predicted molar refractivity (Wildman–Crippen MR) is 94.8 cm³/mol. The SMILES string of the molecule is O=S(=O)(c1ccccc1)N1CCN(c2nc3cnccc3s2)CC1. The molecule has 0 spiro atoms. The lowest BCUT2D eigenvalue weighted by Crippen LogP contribution is -2.48. The zero-order valence-electron chi connectivity index (χ0n) is 12.9. The highest BCUT2D eigenvalue weighted by molar-refractivity contribution is 7.89. The van der Waals surface area contributed by atoms with E-state index >= 15 is 0 Å². The van der Waals surface area contributed by atoms with E-state index in [0.717, 1.165) is 15.3 Å². The van der Waals surface area contributed by atoms with Gasteiger partial charge in [-0.2, -0.15) is 4.31 Å². The Morgan fingerprint density at radius 2 is 1.75 bits per heavy atom. The van der Waals surface area contributed by atoms with Crippen molar-refractivity contribution in [3.8, 4) is 0 Å². The Bertz CT molecular complexity index is 915. The summed E-state index contributed by atoms with van der Waals surface area (Å²) in [6.07, 6.45) is 3.51. The molecule has 1 saturated heterocycles. The Kier molecular flexibility index (Phi) is 3.95. The van der Waals surface area contributed by atoms with Crippen LogP contribution in [0.4, 0.5) is 5.13 Å². The molecule has 1 aromatic carbocycles. The van der Waals surface area contributed by atoms with Crippen molar-refractivity contribution in [1.82, 2.24) is 14.3 Å². The normalized spacial score (nSPS) is 16.6. The lowest BCUT2D eigenvalue weighted by molar-refractivity contribution is 0.385. The lowest BCUT2D eigenvalue weighted by atomic mass is 10.4. The van der Waals surface area contributed by atoms with Gasteiger partial charge in [0.25, 0.3) is 0 Å². The summed E-state index contributed by atoms with van der Waals surface area (Å²) in [5.41, 5.74) is 0.886. The summed E-state index contributed by atoms with van der Waals surface area (Å²) >= 11 is 1.62. The fraction of sp³-hybridized carbons (Fsp3) is 0.250. The maximum Gasteiger partial charge on any atom is 0.243 e. The zero-order chi connectivity index (χ0) is 16.6. The van der Waals surface area contributed by atoms with Gasteiger partial charge in [-0.15, -0.1) is 0 Å². The average molecular weight is 360 g/mol. The summed E-state index contributed by atoms with van der Waals surface area (Å²) in [5.74, 6) is 0. The molecule has 24 heavy (non-hydrogen) atoms. The van der Waals surface area contributed by atoms with Crippen LogP contribution in [0.2, 0.25) is 0 Å². The van der Waals surface area contributed by atoms with Gasteiger partial charge in [-0.1, -0.05) is 29.5 Å². The Balaban J connectivity index is 1.50. The second kappa shape index (κ2) is 6.12. The van der Waals surface area contributed by atoms with Crippen molar-refractivity contribution in [2.24, 2.45) is 0 Å². The molecule has 1 fully saturated rings. The molecule has 1 aliphatic heterocycles. The highest BCUT2D eigenvalue weighted by Crippen LogP contribution is 2.29. The molecule has 4 rings (SSSR count). The van der Waals surface area contributed by atoms with E-state index in [2.05, 4.69) is 14.9 Å². The first-order chi connectivity index (χ1) is 11.6.